The van der Waals surface area contributed by atoms with Gasteiger partial charge >= 0.3 is 0 Å². The highest BCUT2D eigenvalue weighted by Gasteiger charge is 1.93. The zero-order valence-corrected chi connectivity index (χ0v) is 6.36. The quantitative estimate of drug-likeness (QED) is 0.539. The van der Waals surface area contributed by atoms with Gasteiger partial charge in [0.15, 0.2) is 0 Å². The molecule has 0 aliphatic heterocycles. The molecule has 0 fully saturated rings. The summed E-state index contributed by atoms with van der Waals surface area (Å²) in [5.41, 5.74) is 1.52. The first-order valence-corrected chi connectivity index (χ1v) is 3.57. The van der Waals surface area contributed by atoms with Crippen molar-refractivity contribution in [3.05, 3.63) is 36.3 Å². The maximum absolute atomic E-state index is 5.21. The van der Waals surface area contributed by atoms with Crippen LogP contribution in [0.15, 0.2) is 30.6 Å². The lowest BCUT2D eigenvalue weighted by Gasteiger charge is -1.94. The van der Waals surface area contributed by atoms with Gasteiger partial charge in [-0.15, -0.1) is 6.42 Å². The summed E-state index contributed by atoms with van der Waals surface area (Å²) >= 11 is 0. The number of nitrogens with zero attached hydrogens (tertiary/aromatic N) is 2. The number of hydrogen-bond donors (Lipinski definition) is 0. The van der Waals surface area contributed by atoms with Gasteiger partial charge in [-0.1, -0.05) is 12.0 Å². The van der Waals surface area contributed by atoms with Gasteiger partial charge in [-0.3, -0.25) is 4.98 Å². The molecule has 2 aromatic heterocycles. The Morgan fingerprint density at radius 2 is 2.25 bits per heavy atom. The first-order chi connectivity index (χ1) is 5.90. The second-order valence-electron chi connectivity index (χ2n) is 2.41. The van der Waals surface area contributed by atoms with Gasteiger partial charge in [0.1, 0.15) is 5.69 Å². The van der Waals surface area contributed by atoms with Crippen LogP contribution in [0, 0.1) is 12.3 Å². The maximum Gasteiger partial charge on any atom is 0.113 e. The number of hydrogen-bond acceptors (Lipinski definition) is 2. The molecule has 0 aliphatic carbocycles. The van der Waals surface area contributed by atoms with Crippen LogP contribution in [-0.4, -0.2) is 9.97 Å². The first-order valence-electron chi connectivity index (χ1n) is 3.57. The number of rotatable bonds is 0. The molecule has 2 heterocycles. The Morgan fingerprint density at radius 3 is 3.08 bits per heavy atom. The largest absolute Gasteiger partial charge is 0.255 e. The lowest BCUT2D eigenvalue weighted by atomic mass is 10.2. The van der Waals surface area contributed by atoms with Crippen molar-refractivity contribution in [1.29, 1.82) is 0 Å². The predicted octanol–water partition coefficient (Wildman–Crippen LogP) is 1.61. The van der Waals surface area contributed by atoms with Gasteiger partial charge in [-0.25, -0.2) is 4.98 Å². The van der Waals surface area contributed by atoms with Crippen LogP contribution < -0.4 is 0 Å². The Bertz CT molecular complexity index is 455. The summed E-state index contributed by atoms with van der Waals surface area (Å²) in [4.78, 5) is 8.15. The highest BCUT2D eigenvalue weighted by Crippen LogP contribution is 2.09. The van der Waals surface area contributed by atoms with Crippen LogP contribution in [0.2, 0.25) is 0 Å². The second kappa shape index (κ2) is 2.63. The van der Waals surface area contributed by atoms with Gasteiger partial charge in [0.05, 0.1) is 11.7 Å². The van der Waals surface area contributed by atoms with Crippen LogP contribution in [-0.2, 0) is 0 Å². The van der Waals surface area contributed by atoms with Gasteiger partial charge in [0.2, 0.25) is 0 Å². The van der Waals surface area contributed by atoms with E-state index in [9.17, 15) is 0 Å². The summed E-state index contributed by atoms with van der Waals surface area (Å²) in [6.07, 6.45) is 8.63. The summed E-state index contributed by atoms with van der Waals surface area (Å²) in [6, 6.07) is 5.69. The summed E-state index contributed by atoms with van der Waals surface area (Å²) in [6.45, 7) is 0. The minimum Gasteiger partial charge on any atom is -0.255 e. The molecular formula is C10H6N2. The number of terminal acetylenes is 1. The predicted molar refractivity (Wildman–Crippen MR) is 47.5 cm³/mol. The highest BCUT2D eigenvalue weighted by atomic mass is 14.7. The van der Waals surface area contributed by atoms with Crippen molar-refractivity contribution >= 4 is 10.9 Å². The van der Waals surface area contributed by atoms with Crippen molar-refractivity contribution in [3.8, 4) is 12.3 Å². The van der Waals surface area contributed by atoms with Crippen LogP contribution in [0.1, 0.15) is 5.69 Å². The van der Waals surface area contributed by atoms with Gasteiger partial charge < -0.3 is 0 Å². The van der Waals surface area contributed by atoms with E-state index >= 15 is 0 Å². The van der Waals surface area contributed by atoms with Crippen LogP contribution >= 0.6 is 0 Å². The lowest BCUT2D eigenvalue weighted by Crippen LogP contribution is -1.83. The van der Waals surface area contributed by atoms with E-state index in [0.29, 0.717) is 5.69 Å². The van der Waals surface area contributed by atoms with E-state index in [-0.39, 0.29) is 0 Å². The van der Waals surface area contributed by atoms with Crippen molar-refractivity contribution in [2.75, 3.05) is 0 Å². The Morgan fingerprint density at radius 1 is 1.33 bits per heavy atom. The number of fused-ring (bicyclic) bond motifs is 1. The Kier molecular flexibility index (Phi) is 1.49. The molecule has 0 amide bonds. The molecular weight excluding hydrogens is 148 g/mol. The van der Waals surface area contributed by atoms with Crippen LogP contribution in [0.25, 0.3) is 10.9 Å². The molecule has 0 aromatic carbocycles. The molecule has 0 radical (unpaired) electrons. The van der Waals surface area contributed by atoms with Crippen LogP contribution in [0.4, 0.5) is 0 Å². The van der Waals surface area contributed by atoms with Crippen LogP contribution in [0.3, 0.4) is 0 Å². The molecule has 0 atom stereocenters. The summed E-state index contributed by atoms with van der Waals surface area (Å²) in [5, 5.41) is 1.03. The van der Waals surface area contributed by atoms with E-state index in [1.54, 1.807) is 12.4 Å². The zero-order chi connectivity index (χ0) is 8.39. The van der Waals surface area contributed by atoms with Crippen molar-refractivity contribution in [2.24, 2.45) is 0 Å². The number of pyridine rings is 2. The van der Waals surface area contributed by atoms with E-state index in [2.05, 4.69) is 15.9 Å². The standard InChI is InChI=1S/C10H6N2/c1-2-9-6-8-4-3-5-11-10(8)7-12-9/h1,3-7H. The fraction of sp³-hybridized carbons (Fsp3) is 0. The maximum atomic E-state index is 5.21. The minimum atomic E-state index is 0.649. The lowest BCUT2D eigenvalue weighted by molar-refractivity contribution is 1.28. The molecule has 0 N–H and O–H groups in total. The van der Waals surface area contributed by atoms with E-state index in [4.69, 9.17) is 6.42 Å². The molecule has 2 nitrogen and oxygen atoms in total. The molecule has 2 aromatic rings. The molecule has 0 saturated heterocycles. The van der Waals surface area contributed by atoms with Crippen molar-refractivity contribution in [3.63, 3.8) is 0 Å². The van der Waals surface area contributed by atoms with Crippen molar-refractivity contribution in [1.82, 2.24) is 9.97 Å². The third-order valence-electron chi connectivity index (χ3n) is 1.64. The van der Waals surface area contributed by atoms with Crippen LogP contribution in [0.5, 0.6) is 0 Å². The molecule has 0 unspecified atom stereocenters. The Hall–Kier alpha value is -1.88. The number of aromatic nitrogens is 2. The molecule has 0 spiro atoms. The zero-order valence-electron chi connectivity index (χ0n) is 6.36. The first kappa shape index (κ1) is 6.81. The fourth-order valence-corrected chi connectivity index (χ4v) is 1.05. The van der Waals surface area contributed by atoms with E-state index in [0.717, 1.165) is 10.9 Å². The van der Waals surface area contributed by atoms with Crippen molar-refractivity contribution < 1.29 is 0 Å². The van der Waals surface area contributed by atoms with Gasteiger partial charge in [-0.05, 0) is 12.1 Å². The third kappa shape index (κ3) is 1.02. The summed E-state index contributed by atoms with van der Waals surface area (Å²) in [5.74, 6) is 2.48. The third-order valence-corrected chi connectivity index (χ3v) is 1.64. The summed E-state index contributed by atoms with van der Waals surface area (Å²) < 4.78 is 0. The van der Waals surface area contributed by atoms with Crippen molar-refractivity contribution in [2.45, 2.75) is 0 Å². The molecule has 0 aliphatic rings. The highest BCUT2D eigenvalue weighted by molar-refractivity contribution is 5.78. The average Bonchev–Trinajstić information content (AvgIpc) is 2.17. The van der Waals surface area contributed by atoms with E-state index in [1.165, 1.54) is 0 Å². The van der Waals surface area contributed by atoms with Gasteiger partial charge in [-0.2, -0.15) is 0 Å². The summed E-state index contributed by atoms with van der Waals surface area (Å²) in [7, 11) is 0. The van der Waals surface area contributed by atoms with Gasteiger partial charge in [0, 0.05) is 11.6 Å². The molecule has 2 heteroatoms. The molecule has 0 bridgehead atoms. The smallest absolute Gasteiger partial charge is 0.113 e. The Balaban J connectivity index is 2.78. The molecule has 0 saturated carbocycles. The van der Waals surface area contributed by atoms with E-state index < -0.39 is 0 Å². The molecule has 2 rings (SSSR count). The minimum absolute atomic E-state index is 0.649. The molecule has 12 heavy (non-hydrogen) atoms. The van der Waals surface area contributed by atoms with Gasteiger partial charge in [0.25, 0.3) is 0 Å². The topological polar surface area (TPSA) is 25.8 Å². The fourth-order valence-electron chi connectivity index (χ4n) is 1.05. The normalized spacial score (nSPS) is 9.58. The monoisotopic (exact) mass is 154 g/mol. The Labute approximate surface area is 70.3 Å². The second-order valence-corrected chi connectivity index (χ2v) is 2.41. The van der Waals surface area contributed by atoms with E-state index in [1.807, 2.05) is 18.2 Å². The average molecular weight is 154 g/mol. The molecule has 56 valence electrons. The SMILES string of the molecule is C#Cc1cc2cccnc2cn1.